The first-order chi connectivity index (χ1) is 12.6. The van der Waals surface area contributed by atoms with Crippen LogP contribution in [-0.2, 0) is 10.5 Å². The molecule has 0 spiro atoms. The standard InChI is InChI=1S/C18H16ClN3O3S/c1-25-15-6-5-12(19)8-14(15)21-17(23)11-26-10-13-9-18(24)22-7-3-2-4-16(22)20-13/h2-9H,10-11H2,1H3,(H,21,23). The van der Waals surface area contributed by atoms with E-state index in [9.17, 15) is 9.59 Å². The molecule has 0 unspecified atom stereocenters. The number of thioether (sulfide) groups is 1. The zero-order chi connectivity index (χ0) is 18.5. The molecule has 6 nitrogen and oxygen atoms in total. The van der Waals surface area contributed by atoms with E-state index < -0.39 is 0 Å². The Bertz CT molecular complexity index is 1010. The highest BCUT2D eigenvalue weighted by Gasteiger charge is 2.09. The van der Waals surface area contributed by atoms with Gasteiger partial charge in [0.15, 0.2) is 0 Å². The molecule has 2 heterocycles. The Hall–Kier alpha value is -2.51. The molecule has 1 N–H and O–H groups in total. The van der Waals surface area contributed by atoms with E-state index in [0.29, 0.717) is 33.6 Å². The quantitative estimate of drug-likeness (QED) is 0.700. The molecule has 26 heavy (non-hydrogen) atoms. The maximum absolute atomic E-state index is 12.1. The summed E-state index contributed by atoms with van der Waals surface area (Å²) in [5.41, 5.74) is 1.61. The number of hydrogen-bond donors (Lipinski definition) is 1. The minimum absolute atomic E-state index is 0.140. The van der Waals surface area contributed by atoms with Crippen molar-refractivity contribution in [2.24, 2.45) is 0 Å². The number of hydrogen-bond acceptors (Lipinski definition) is 5. The lowest BCUT2D eigenvalue weighted by atomic mass is 10.3. The van der Waals surface area contributed by atoms with Crippen molar-refractivity contribution in [3.8, 4) is 5.75 Å². The Morgan fingerprint density at radius 1 is 1.31 bits per heavy atom. The smallest absolute Gasteiger partial charge is 0.258 e. The van der Waals surface area contributed by atoms with Crippen LogP contribution in [0.4, 0.5) is 5.69 Å². The highest BCUT2D eigenvalue weighted by molar-refractivity contribution is 7.99. The van der Waals surface area contributed by atoms with E-state index in [0.717, 1.165) is 0 Å². The zero-order valence-corrected chi connectivity index (χ0v) is 15.5. The number of halogens is 1. The Balaban J connectivity index is 1.61. The third kappa shape index (κ3) is 4.36. The summed E-state index contributed by atoms with van der Waals surface area (Å²) in [7, 11) is 1.53. The fourth-order valence-corrected chi connectivity index (χ4v) is 3.28. The van der Waals surface area contributed by atoms with Gasteiger partial charge in [0.1, 0.15) is 11.4 Å². The minimum Gasteiger partial charge on any atom is -0.495 e. The number of pyridine rings is 1. The molecule has 134 valence electrons. The SMILES string of the molecule is COc1ccc(Cl)cc1NC(=O)CSCc1cc(=O)n2ccccc2n1. The number of methoxy groups -OCH3 is 1. The number of nitrogens with one attached hydrogen (secondary N) is 1. The number of ether oxygens (including phenoxy) is 1. The lowest BCUT2D eigenvalue weighted by molar-refractivity contribution is -0.113. The number of anilines is 1. The molecule has 1 amide bonds. The maximum atomic E-state index is 12.1. The normalized spacial score (nSPS) is 10.7. The number of benzene rings is 1. The number of rotatable bonds is 6. The Labute approximate surface area is 159 Å². The first kappa shape index (κ1) is 18.3. The third-order valence-corrected chi connectivity index (χ3v) is 4.74. The number of carbonyl (C=O) groups is 1. The first-order valence-electron chi connectivity index (χ1n) is 7.75. The molecule has 0 aliphatic carbocycles. The summed E-state index contributed by atoms with van der Waals surface area (Å²) in [4.78, 5) is 28.6. The maximum Gasteiger partial charge on any atom is 0.258 e. The molecule has 0 saturated heterocycles. The van der Waals surface area contributed by atoms with E-state index in [4.69, 9.17) is 16.3 Å². The molecule has 2 aromatic heterocycles. The average Bonchev–Trinajstić information content (AvgIpc) is 2.62. The van der Waals surface area contributed by atoms with E-state index in [1.165, 1.54) is 29.3 Å². The third-order valence-electron chi connectivity index (χ3n) is 3.54. The van der Waals surface area contributed by atoms with Crippen LogP contribution in [0.25, 0.3) is 5.65 Å². The highest BCUT2D eigenvalue weighted by atomic mass is 35.5. The van der Waals surface area contributed by atoms with E-state index in [-0.39, 0.29) is 17.2 Å². The fourth-order valence-electron chi connectivity index (χ4n) is 2.39. The number of carbonyl (C=O) groups excluding carboxylic acids is 1. The molecule has 0 radical (unpaired) electrons. The van der Waals surface area contributed by atoms with Crippen molar-refractivity contribution in [1.29, 1.82) is 0 Å². The van der Waals surface area contributed by atoms with E-state index in [1.807, 2.05) is 6.07 Å². The van der Waals surface area contributed by atoms with Crippen molar-refractivity contribution in [1.82, 2.24) is 9.38 Å². The van der Waals surface area contributed by atoms with Crippen molar-refractivity contribution in [2.45, 2.75) is 5.75 Å². The molecule has 0 saturated carbocycles. The number of aromatic nitrogens is 2. The van der Waals surface area contributed by atoms with Crippen molar-refractivity contribution in [3.05, 3.63) is 69.7 Å². The molecule has 8 heteroatoms. The topological polar surface area (TPSA) is 72.7 Å². The molecule has 0 fully saturated rings. The molecule has 0 bridgehead atoms. The van der Waals surface area contributed by atoms with Crippen molar-refractivity contribution in [2.75, 3.05) is 18.2 Å². The van der Waals surface area contributed by atoms with Crippen LogP contribution in [-0.4, -0.2) is 28.2 Å². The van der Waals surface area contributed by atoms with Gasteiger partial charge >= 0.3 is 0 Å². The summed E-state index contributed by atoms with van der Waals surface area (Å²) in [6.07, 6.45) is 1.67. The van der Waals surface area contributed by atoms with Gasteiger partial charge in [-0.1, -0.05) is 17.7 Å². The lowest BCUT2D eigenvalue weighted by Crippen LogP contribution is -2.16. The largest absolute Gasteiger partial charge is 0.495 e. The van der Waals surface area contributed by atoms with Gasteiger partial charge in [-0.05, 0) is 30.3 Å². The predicted octanol–water partition coefficient (Wildman–Crippen LogP) is 3.23. The molecule has 0 aliphatic heterocycles. The number of fused-ring (bicyclic) bond motifs is 1. The van der Waals surface area contributed by atoms with Crippen molar-refractivity contribution < 1.29 is 9.53 Å². The van der Waals surface area contributed by atoms with Crippen molar-refractivity contribution in [3.63, 3.8) is 0 Å². The Kier molecular flexibility index (Phi) is 5.80. The average molecular weight is 390 g/mol. The van der Waals surface area contributed by atoms with Gasteiger partial charge in [0.25, 0.3) is 5.56 Å². The molecule has 0 aliphatic rings. The predicted molar refractivity (Wildman–Crippen MR) is 104 cm³/mol. The fraction of sp³-hybridized carbons (Fsp3) is 0.167. The molecular formula is C18H16ClN3O3S. The Morgan fingerprint density at radius 2 is 2.15 bits per heavy atom. The van der Waals surface area contributed by atoms with Gasteiger partial charge in [-0.25, -0.2) is 4.98 Å². The first-order valence-corrected chi connectivity index (χ1v) is 9.28. The summed E-state index contributed by atoms with van der Waals surface area (Å²) < 4.78 is 6.68. The summed E-state index contributed by atoms with van der Waals surface area (Å²) >= 11 is 7.32. The minimum atomic E-state index is -0.187. The summed E-state index contributed by atoms with van der Waals surface area (Å²) in [6, 6.07) is 11.9. The van der Waals surface area contributed by atoms with E-state index in [2.05, 4.69) is 10.3 Å². The van der Waals surface area contributed by atoms with Crippen molar-refractivity contribution >= 4 is 40.6 Å². The second kappa shape index (κ2) is 8.25. The van der Waals surface area contributed by atoms with Gasteiger partial charge in [-0.15, -0.1) is 11.8 Å². The van der Waals surface area contributed by atoms with Gasteiger partial charge in [0.05, 0.1) is 24.2 Å². The van der Waals surface area contributed by atoms with Crippen LogP contribution in [0.3, 0.4) is 0 Å². The van der Waals surface area contributed by atoms with E-state index >= 15 is 0 Å². The Morgan fingerprint density at radius 3 is 2.96 bits per heavy atom. The van der Waals surface area contributed by atoms with Crippen LogP contribution in [0.15, 0.2) is 53.5 Å². The second-order valence-corrected chi connectivity index (χ2v) is 6.82. The van der Waals surface area contributed by atoms with Gasteiger partial charge in [-0.3, -0.25) is 14.0 Å². The van der Waals surface area contributed by atoms with Crippen LogP contribution in [0, 0.1) is 0 Å². The van der Waals surface area contributed by atoms with Gasteiger partial charge in [0, 0.05) is 23.0 Å². The summed E-state index contributed by atoms with van der Waals surface area (Å²) in [5.74, 6) is 1.02. The zero-order valence-electron chi connectivity index (χ0n) is 13.9. The molecule has 3 aromatic rings. The van der Waals surface area contributed by atoms with Crippen LogP contribution >= 0.6 is 23.4 Å². The molecule has 3 rings (SSSR count). The molecule has 1 aromatic carbocycles. The van der Waals surface area contributed by atoms with Crippen LogP contribution in [0.5, 0.6) is 5.75 Å². The van der Waals surface area contributed by atoms with Gasteiger partial charge < -0.3 is 10.1 Å². The monoisotopic (exact) mass is 389 g/mol. The molecular weight excluding hydrogens is 374 g/mol. The van der Waals surface area contributed by atoms with Gasteiger partial charge in [-0.2, -0.15) is 0 Å². The van der Waals surface area contributed by atoms with Gasteiger partial charge in [0.2, 0.25) is 5.91 Å². The summed E-state index contributed by atoms with van der Waals surface area (Å²) in [5, 5.41) is 3.28. The molecule has 0 atom stereocenters. The lowest BCUT2D eigenvalue weighted by Gasteiger charge is -2.10. The second-order valence-electron chi connectivity index (χ2n) is 5.40. The van der Waals surface area contributed by atoms with Crippen LogP contribution in [0.2, 0.25) is 5.02 Å². The number of nitrogens with zero attached hydrogens (tertiary/aromatic N) is 2. The highest BCUT2D eigenvalue weighted by Crippen LogP contribution is 2.27. The van der Waals surface area contributed by atoms with E-state index in [1.54, 1.807) is 36.5 Å². The summed E-state index contributed by atoms with van der Waals surface area (Å²) in [6.45, 7) is 0. The van der Waals surface area contributed by atoms with Crippen LogP contribution < -0.4 is 15.6 Å². The van der Waals surface area contributed by atoms with Crippen LogP contribution in [0.1, 0.15) is 5.69 Å². The number of amides is 1.